The molecule has 5 nitrogen and oxygen atoms in total. The number of nitrogens with one attached hydrogen (secondary N) is 1. The second-order valence-electron chi connectivity index (χ2n) is 3.55. The molecule has 0 spiro atoms. The molecule has 0 amide bonds. The molecule has 0 aromatic heterocycles. The van der Waals surface area contributed by atoms with Crippen molar-refractivity contribution in [3.8, 4) is 0 Å². The SMILES string of the molecule is C=CCSCCNc1cccc(S(N)(=O)=O)c1N. The summed E-state index contributed by atoms with van der Waals surface area (Å²) in [4.78, 5) is -0.0498. The van der Waals surface area contributed by atoms with Crippen LogP contribution in [0.4, 0.5) is 11.4 Å². The zero-order valence-electron chi connectivity index (χ0n) is 9.93. The fourth-order valence-electron chi connectivity index (χ4n) is 1.37. The van der Waals surface area contributed by atoms with E-state index in [2.05, 4.69) is 11.9 Å². The molecule has 0 bridgehead atoms. The first-order chi connectivity index (χ1) is 8.46. The van der Waals surface area contributed by atoms with Crippen LogP contribution in [0.25, 0.3) is 0 Å². The lowest BCUT2D eigenvalue weighted by Gasteiger charge is -2.11. The van der Waals surface area contributed by atoms with E-state index >= 15 is 0 Å². The Kier molecular flexibility index (Phi) is 5.52. The third-order valence-corrected chi connectivity index (χ3v) is 4.10. The molecule has 0 saturated carbocycles. The van der Waals surface area contributed by atoms with E-state index < -0.39 is 10.0 Å². The predicted molar refractivity (Wildman–Crippen MR) is 78.2 cm³/mol. The zero-order chi connectivity index (χ0) is 13.6. The van der Waals surface area contributed by atoms with Gasteiger partial charge in [-0.05, 0) is 12.1 Å². The maximum atomic E-state index is 11.3. The van der Waals surface area contributed by atoms with Crippen LogP contribution in [0.5, 0.6) is 0 Å². The summed E-state index contributed by atoms with van der Waals surface area (Å²) in [6.45, 7) is 4.32. The number of hydrogen-bond donors (Lipinski definition) is 3. The summed E-state index contributed by atoms with van der Waals surface area (Å²) in [5, 5.41) is 8.15. The third-order valence-electron chi connectivity index (χ3n) is 2.17. The van der Waals surface area contributed by atoms with E-state index in [9.17, 15) is 8.42 Å². The molecule has 0 aliphatic heterocycles. The van der Waals surface area contributed by atoms with Gasteiger partial charge >= 0.3 is 0 Å². The van der Waals surface area contributed by atoms with E-state index in [0.29, 0.717) is 12.2 Å². The standard InChI is InChI=1S/C11H17N3O2S2/c1-2-7-17-8-6-14-9-4-3-5-10(11(9)12)18(13,15)16/h2-5,14H,1,6-8,12H2,(H2,13,15,16). The number of hydrogen-bond acceptors (Lipinski definition) is 5. The molecule has 0 unspecified atom stereocenters. The fraction of sp³-hybridized carbons (Fsp3) is 0.273. The summed E-state index contributed by atoms with van der Waals surface area (Å²) in [5.74, 6) is 1.76. The highest BCUT2D eigenvalue weighted by Gasteiger charge is 2.14. The number of thioether (sulfide) groups is 1. The zero-order valence-corrected chi connectivity index (χ0v) is 11.6. The Hall–Kier alpha value is -1.18. The molecule has 18 heavy (non-hydrogen) atoms. The molecule has 1 aromatic rings. The van der Waals surface area contributed by atoms with Crippen molar-refractivity contribution in [2.45, 2.75) is 4.90 Å². The van der Waals surface area contributed by atoms with Gasteiger partial charge in [-0.2, -0.15) is 11.8 Å². The molecule has 0 aliphatic carbocycles. The minimum absolute atomic E-state index is 0.0498. The molecule has 0 atom stereocenters. The van der Waals surface area contributed by atoms with Crippen LogP contribution < -0.4 is 16.2 Å². The van der Waals surface area contributed by atoms with E-state index in [-0.39, 0.29) is 10.6 Å². The van der Waals surface area contributed by atoms with Crippen LogP contribution in [-0.4, -0.2) is 26.5 Å². The van der Waals surface area contributed by atoms with Gasteiger partial charge in [0.1, 0.15) is 4.90 Å². The normalized spacial score (nSPS) is 11.2. The van der Waals surface area contributed by atoms with Gasteiger partial charge in [0.15, 0.2) is 0 Å². The topological polar surface area (TPSA) is 98.2 Å². The fourth-order valence-corrected chi connectivity index (χ4v) is 2.64. The van der Waals surface area contributed by atoms with E-state index in [4.69, 9.17) is 10.9 Å². The number of benzene rings is 1. The summed E-state index contributed by atoms with van der Waals surface area (Å²) >= 11 is 1.72. The Morgan fingerprint density at radius 2 is 2.17 bits per heavy atom. The average Bonchev–Trinajstić information content (AvgIpc) is 2.29. The molecule has 0 heterocycles. The van der Waals surface area contributed by atoms with Crippen LogP contribution in [0.15, 0.2) is 35.7 Å². The van der Waals surface area contributed by atoms with Gasteiger partial charge in [0.25, 0.3) is 0 Å². The molecule has 0 fully saturated rings. The number of rotatable bonds is 7. The van der Waals surface area contributed by atoms with Crippen LogP contribution in [0.1, 0.15) is 0 Å². The first kappa shape index (κ1) is 14.9. The minimum Gasteiger partial charge on any atom is -0.396 e. The van der Waals surface area contributed by atoms with Crippen LogP contribution in [-0.2, 0) is 10.0 Å². The highest BCUT2D eigenvalue weighted by molar-refractivity contribution is 7.99. The van der Waals surface area contributed by atoms with Gasteiger partial charge < -0.3 is 11.1 Å². The largest absolute Gasteiger partial charge is 0.396 e. The molecular weight excluding hydrogens is 270 g/mol. The Bertz CT molecular complexity index is 515. The van der Waals surface area contributed by atoms with Crippen molar-refractivity contribution in [2.75, 3.05) is 29.1 Å². The molecular formula is C11H17N3O2S2. The van der Waals surface area contributed by atoms with E-state index in [1.165, 1.54) is 6.07 Å². The molecule has 1 aromatic carbocycles. The number of nitrogen functional groups attached to an aromatic ring is 1. The van der Waals surface area contributed by atoms with Crippen molar-refractivity contribution in [1.29, 1.82) is 0 Å². The second-order valence-corrected chi connectivity index (χ2v) is 6.23. The molecule has 0 aliphatic rings. The number of nitrogens with two attached hydrogens (primary N) is 2. The summed E-state index contributed by atoms with van der Waals surface area (Å²) < 4.78 is 22.6. The maximum Gasteiger partial charge on any atom is 0.240 e. The van der Waals surface area contributed by atoms with Crippen molar-refractivity contribution < 1.29 is 8.42 Å². The summed E-state index contributed by atoms with van der Waals surface area (Å²) in [6, 6.07) is 4.72. The lowest BCUT2D eigenvalue weighted by atomic mass is 10.2. The van der Waals surface area contributed by atoms with Crippen LogP contribution >= 0.6 is 11.8 Å². The van der Waals surface area contributed by atoms with Crippen LogP contribution in [0.2, 0.25) is 0 Å². The van der Waals surface area contributed by atoms with Gasteiger partial charge in [0.2, 0.25) is 10.0 Å². The highest BCUT2D eigenvalue weighted by Crippen LogP contribution is 2.25. The van der Waals surface area contributed by atoms with Crippen LogP contribution in [0.3, 0.4) is 0 Å². The molecule has 100 valence electrons. The molecule has 0 radical (unpaired) electrons. The van der Waals surface area contributed by atoms with E-state index in [1.54, 1.807) is 23.9 Å². The number of anilines is 2. The average molecular weight is 287 g/mol. The Balaban J connectivity index is 2.70. The predicted octanol–water partition coefficient (Wildman–Crippen LogP) is 1.25. The third kappa shape index (κ3) is 4.25. The molecule has 1 rings (SSSR count). The van der Waals surface area contributed by atoms with Crippen molar-refractivity contribution >= 4 is 33.2 Å². The van der Waals surface area contributed by atoms with Crippen molar-refractivity contribution in [3.05, 3.63) is 30.9 Å². The monoisotopic (exact) mass is 287 g/mol. The van der Waals surface area contributed by atoms with Crippen molar-refractivity contribution in [1.82, 2.24) is 0 Å². The maximum absolute atomic E-state index is 11.3. The van der Waals surface area contributed by atoms with Gasteiger partial charge in [-0.25, -0.2) is 13.6 Å². The van der Waals surface area contributed by atoms with Crippen LogP contribution in [0, 0.1) is 0 Å². The van der Waals surface area contributed by atoms with Gasteiger partial charge in [0, 0.05) is 18.1 Å². The van der Waals surface area contributed by atoms with Gasteiger partial charge in [-0.3, -0.25) is 0 Å². The minimum atomic E-state index is -3.78. The second kappa shape index (κ2) is 6.67. The van der Waals surface area contributed by atoms with Gasteiger partial charge in [-0.1, -0.05) is 12.1 Å². The summed E-state index contributed by atoms with van der Waals surface area (Å²) in [5.41, 5.74) is 6.51. The number of sulfonamides is 1. The Morgan fingerprint density at radius 3 is 2.78 bits per heavy atom. The van der Waals surface area contributed by atoms with Crippen molar-refractivity contribution in [3.63, 3.8) is 0 Å². The highest BCUT2D eigenvalue weighted by atomic mass is 32.2. The summed E-state index contributed by atoms with van der Waals surface area (Å²) in [7, 11) is -3.78. The smallest absolute Gasteiger partial charge is 0.240 e. The van der Waals surface area contributed by atoms with Crippen molar-refractivity contribution in [2.24, 2.45) is 5.14 Å². The Labute approximate surface area is 112 Å². The van der Waals surface area contributed by atoms with E-state index in [1.807, 2.05) is 6.08 Å². The van der Waals surface area contributed by atoms with Gasteiger partial charge in [0.05, 0.1) is 11.4 Å². The first-order valence-corrected chi connectivity index (χ1v) is 8.00. The van der Waals surface area contributed by atoms with E-state index in [0.717, 1.165) is 11.5 Å². The number of primary sulfonamides is 1. The lowest BCUT2D eigenvalue weighted by Crippen LogP contribution is -2.16. The molecule has 5 N–H and O–H groups in total. The molecule has 7 heteroatoms. The lowest BCUT2D eigenvalue weighted by molar-refractivity contribution is 0.598. The van der Waals surface area contributed by atoms with Gasteiger partial charge in [-0.15, -0.1) is 6.58 Å². The quantitative estimate of drug-likeness (QED) is 0.398. The first-order valence-electron chi connectivity index (χ1n) is 5.30. The number of para-hydroxylation sites is 1. The Morgan fingerprint density at radius 1 is 1.44 bits per heavy atom. The summed E-state index contributed by atoms with van der Waals surface area (Å²) in [6.07, 6.45) is 1.83. The molecule has 0 saturated heterocycles.